The number of fused-ring (bicyclic) bond motifs is 5. The van der Waals surface area contributed by atoms with Gasteiger partial charge in [-0.15, -0.1) is 11.3 Å². The lowest BCUT2D eigenvalue weighted by Crippen LogP contribution is -2.31. The van der Waals surface area contributed by atoms with Crippen molar-refractivity contribution < 1.29 is 0 Å². The van der Waals surface area contributed by atoms with Crippen molar-refractivity contribution in [2.45, 2.75) is 64.8 Å². The van der Waals surface area contributed by atoms with E-state index in [4.69, 9.17) is 4.98 Å². The van der Waals surface area contributed by atoms with E-state index < -0.39 is 0 Å². The summed E-state index contributed by atoms with van der Waals surface area (Å²) >= 11 is 1.73. The predicted molar refractivity (Wildman–Crippen MR) is 103 cm³/mol. The van der Waals surface area contributed by atoms with Crippen LogP contribution in [0, 0.1) is 23.7 Å². The van der Waals surface area contributed by atoms with Gasteiger partial charge >= 0.3 is 0 Å². The van der Waals surface area contributed by atoms with Gasteiger partial charge in [-0.3, -0.25) is 9.78 Å². The summed E-state index contributed by atoms with van der Waals surface area (Å²) in [6, 6.07) is 0.380. The Hall–Kier alpha value is -1.36. The molecule has 2 saturated carbocycles. The van der Waals surface area contributed by atoms with E-state index in [-0.39, 0.29) is 5.56 Å². The van der Waals surface area contributed by atoms with E-state index in [1.54, 1.807) is 11.3 Å². The molecule has 0 amide bonds. The number of thiophene rings is 1. The number of H-pyrrole nitrogens is 1. The molecule has 5 atom stereocenters. The van der Waals surface area contributed by atoms with Gasteiger partial charge in [0.1, 0.15) is 4.83 Å². The molecule has 5 heteroatoms. The van der Waals surface area contributed by atoms with Crippen molar-refractivity contribution in [1.29, 1.82) is 0 Å². The van der Waals surface area contributed by atoms with Crippen LogP contribution in [-0.2, 0) is 12.8 Å². The van der Waals surface area contributed by atoms with Gasteiger partial charge in [0.2, 0.25) is 5.95 Å². The summed E-state index contributed by atoms with van der Waals surface area (Å²) in [6.45, 7) is 4.56. The second-order valence-corrected chi connectivity index (χ2v) is 9.80. The van der Waals surface area contributed by atoms with Crippen molar-refractivity contribution in [3.8, 4) is 0 Å². The van der Waals surface area contributed by atoms with E-state index in [1.807, 2.05) is 0 Å². The van der Waals surface area contributed by atoms with Crippen LogP contribution in [0.4, 0.5) is 5.95 Å². The van der Waals surface area contributed by atoms with Crippen molar-refractivity contribution >= 4 is 27.5 Å². The Kier molecular flexibility index (Phi) is 3.70. The molecule has 2 aromatic heterocycles. The van der Waals surface area contributed by atoms with E-state index in [2.05, 4.69) is 24.1 Å². The first kappa shape index (κ1) is 15.9. The van der Waals surface area contributed by atoms with Crippen LogP contribution in [-0.4, -0.2) is 16.0 Å². The Bertz CT molecular complexity index is 870. The SMILES string of the molecule is CC1CCc2c(sc3nc(NC(C)C4CC5CCC4C5)[nH]c(=O)c23)C1. The molecule has 2 bridgehead atoms. The van der Waals surface area contributed by atoms with Gasteiger partial charge in [-0.1, -0.05) is 13.3 Å². The van der Waals surface area contributed by atoms with Crippen LogP contribution in [0.15, 0.2) is 4.79 Å². The van der Waals surface area contributed by atoms with E-state index >= 15 is 0 Å². The van der Waals surface area contributed by atoms with Crippen LogP contribution in [0.3, 0.4) is 0 Å². The highest BCUT2D eigenvalue weighted by molar-refractivity contribution is 7.18. The molecule has 3 aliphatic rings. The quantitative estimate of drug-likeness (QED) is 0.859. The molecule has 0 saturated heterocycles. The molecule has 0 aliphatic heterocycles. The van der Waals surface area contributed by atoms with Gasteiger partial charge < -0.3 is 5.32 Å². The number of aromatic amines is 1. The molecule has 2 heterocycles. The van der Waals surface area contributed by atoms with Crippen LogP contribution >= 0.6 is 11.3 Å². The monoisotopic (exact) mass is 357 g/mol. The Labute approximate surface area is 152 Å². The van der Waals surface area contributed by atoms with Gasteiger partial charge in [0, 0.05) is 10.9 Å². The zero-order chi connectivity index (χ0) is 17.1. The fourth-order valence-corrected chi connectivity index (χ4v) is 7.03. The molecule has 0 spiro atoms. The molecule has 5 unspecified atom stereocenters. The maximum absolute atomic E-state index is 12.7. The van der Waals surface area contributed by atoms with Crippen LogP contribution in [0.2, 0.25) is 0 Å². The van der Waals surface area contributed by atoms with E-state index in [1.165, 1.54) is 42.5 Å². The standard InChI is InChI=1S/C20H27N3OS/c1-10-3-6-14-16(7-10)25-19-17(14)18(24)22-20(23-19)21-11(2)15-9-12-4-5-13(15)8-12/h10-13,15H,3-9H2,1-2H3,(H2,21,22,23,24). The molecule has 4 nitrogen and oxygen atoms in total. The van der Waals surface area contributed by atoms with Crippen molar-refractivity contribution in [2.75, 3.05) is 5.32 Å². The third-order valence-corrected chi connectivity index (χ3v) is 8.11. The molecular weight excluding hydrogens is 330 g/mol. The molecular formula is C20H27N3OS. The number of hydrogen-bond acceptors (Lipinski definition) is 4. The summed E-state index contributed by atoms with van der Waals surface area (Å²) in [4.78, 5) is 22.8. The zero-order valence-corrected chi connectivity index (χ0v) is 15.9. The van der Waals surface area contributed by atoms with Crippen molar-refractivity contribution in [3.05, 3.63) is 20.8 Å². The van der Waals surface area contributed by atoms with Gasteiger partial charge in [-0.25, -0.2) is 4.98 Å². The van der Waals surface area contributed by atoms with Crippen LogP contribution in [0.1, 0.15) is 56.4 Å². The van der Waals surface area contributed by atoms with E-state index in [0.29, 0.717) is 12.0 Å². The lowest BCUT2D eigenvalue weighted by Gasteiger charge is -2.28. The Morgan fingerprint density at radius 2 is 2.16 bits per heavy atom. The summed E-state index contributed by atoms with van der Waals surface area (Å²) in [5.41, 5.74) is 1.30. The molecule has 134 valence electrons. The molecule has 25 heavy (non-hydrogen) atoms. The highest BCUT2D eigenvalue weighted by Crippen LogP contribution is 2.49. The lowest BCUT2D eigenvalue weighted by atomic mass is 9.84. The maximum Gasteiger partial charge on any atom is 0.261 e. The number of aromatic nitrogens is 2. The average molecular weight is 358 g/mol. The summed E-state index contributed by atoms with van der Waals surface area (Å²) < 4.78 is 0. The highest BCUT2D eigenvalue weighted by Gasteiger charge is 2.42. The number of anilines is 1. The third-order valence-electron chi connectivity index (χ3n) is 6.96. The molecule has 2 N–H and O–H groups in total. The molecule has 0 aromatic carbocycles. The third kappa shape index (κ3) is 2.62. The summed E-state index contributed by atoms with van der Waals surface area (Å²) in [5, 5.41) is 4.38. The first-order valence-corrected chi connectivity index (χ1v) is 10.7. The first-order valence-electron chi connectivity index (χ1n) is 9.89. The zero-order valence-electron chi connectivity index (χ0n) is 15.1. The van der Waals surface area contributed by atoms with Crippen LogP contribution in [0.5, 0.6) is 0 Å². The lowest BCUT2D eigenvalue weighted by molar-refractivity contribution is 0.303. The number of aryl methyl sites for hydroxylation is 1. The first-order chi connectivity index (χ1) is 12.1. The molecule has 0 radical (unpaired) electrons. The minimum atomic E-state index is 0.0414. The Balaban J connectivity index is 1.43. The van der Waals surface area contributed by atoms with Gasteiger partial charge in [-0.05, 0) is 74.7 Å². The largest absolute Gasteiger partial charge is 0.353 e. The number of rotatable bonds is 3. The average Bonchev–Trinajstić information content (AvgIpc) is 3.27. The minimum Gasteiger partial charge on any atom is -0.353 e. The van der Waals surface area contributed by atoms with Crippen molar-refractivity contribution in [3.63, 3.8) is 0 Å². The number of hydrogen-bond donors (Lipinski definition) is 2. The van der Waals surface area contributed by atoms with E-state index in [0.717, 1.165) is 46.7 Å². The predicted octanol–water partition coefficient (Wildman–Crippen LogP) is 4.35. The van der Waals surface area contributed by atoms with Crippen molar-refractivity contribution in [1.82, 2.24) is 9.97 Å². The highest BCUT2D eigenvalue weighted by atomic mass is 32.1. The van der Waals surface area contributed by atoms with Gasteiger partial charge in [0.15, 0.2) is 0 Å². The van der Waals surface area contributed by atoms with Crippen molar-refractivity contribution in [2.24, 2.45) is 23.7 Å². The summed E-state index contributed by atoms with van der Waals surface area (Å²) in [5.74, 6) is 3.94. The Morgan fingerprint density at radius 3 is 2.92 bits per heavy atom. The van der Waals surface area contributed by atoms with Crippen LogP contribution < -0.4 is 10.9 Å². The normalized spacial score (nSPS) is 32.1. The number of nitrogens with zero attached hydrogens (tertiary/aromatic N) is 1. The van der Waals surface area contributed by atoms with Gasteiger partial charge in [0.05, 0.1) is 5.39 Å². The maximum atomic E-state index is 12.7. The molecule has 5 rings (SSSR count). The summed E-state index contributed by atoms with van der Waals surface area (Å²) in [6.07, 6.45) is 8.87. The molecule has 2 fully saturated rings. The smallest absolute Gasteiger partial charge is 0.261 e. The van der Waals surface area contributed by atoms with Crippen LogP contribution in [0.25, 0.3) is 10.2 Å². The second kappa shape index (κ2) is 5.83. The summed E-state index contributed by atoms with van der Waals surface area (Å²) in [7, 11) is 0. The van der Waals surface area contributed by atoms with E-state index in [9.17, 15) is 4.79 Å². The Morgan fingerprint density at radius 1 is 1.28 bits per heavy atom. The second-order valence-electron chi connectivity index (χ2n) is 8.72. The fourth-order valence-electron chi connectivity index (χ4n) is 5.65. The van der Waals surface area contributed by atoms with Gasteiger partial charge in [0.25, 0.3) is 5.56 Å². The molecule has 2 aromatic rings. The number of nitrogens with one attached hydrogen (secondary N) is 2. The minimum absolute atomic E-state index is 0.0414. The molecule has 3 aliphatic carbocycles. The van der Waals surface area contributed by atoms with Gasteiger partial charge in [-0.2, -0.15) is 0 Å². The topological polar surface area (TPSA) is 57.8 Å². The fraction of sp³-hybridized carbons (Fsp3) is 0.700.